The Balaban J connectivity index is 1.66. The lowest BCUT2D eigenvalue weighted by molar-refractivity contribution is 0.940. The molecule has 0 unspecified atom stereocenters. The summed E-state index contributed by atoms with van der Waals surface area (Å²) in [6, 6.07) is 15.7. The molecule has 114 valence electrons. The zero-order valence-electron chi connectivity index (χ0n) is 13.1. The molecule has 0 radical (unpaired) electrons. The first-order chi connectivity index (χ1) is 11.9. The standard InChI is InChI=1S/C21H15N3/c1-2-7-16(8-3-1)13-14-18-10-6-12-20(23-18)21-22-15-17-9-4-5-11-19(17)24-21/h1-3,5-8,10-12,15H,4,9H2. The molecule has 0 saturated carbocycles. The first-order valence-electron chi connectivity index (χ1n) is 7.95. The number of fused-ring (bicyclic) bond motifs is 1. The number of hydrogen-bond donors (Lipinski definition) is 0. The number of nitrogens with zero attached hydrogens (tertiary/aromatic N) is 3. The minimum Gasteiger partial charge on any atom is -0.236 e. The van der Waals surface area contributed by atoms with E-state index in [0.717, 1.165) is 29.8 Å². The summed E-state index contributed by atoms with van der Waals surface area (Å²) in [6.45, 7) is 0. The molecule has 3 nitrogen and oxygen atoms in total. The van der Waals surface area contributed by atoms with E-state index in [4.69, 9.17) is 0 Å². The molecule has 0 aliphatic heterocycles. The molecule has 0 spiro atoms. The predicted molar refractivity (Wildman–Crippen MR) is 95.0 cm³/mol. The van der Waals surface area contributed by atoms with Crippen LogP contribution in [0.4, 0.5) is 0 Å². The van der Waals surface area contributed by atoms with Crippen LogP contribution in [0.3, 0.4) is 0 Å². The van der Waals surface area contributed by atoms with E-state index in [1.807, 2.05) is 54.7 Å². The van der Waals surface area contributed by atoms with Crippen molar-refractivity contribution >= 4 is 6.08 Å². The van der Waals surface area contributed by atoms with Gasteiger partial charge in [-0.05, 0) is 54.7 Å². The van der Waals surface area contributed by atoms with E-state index in [0.29, 0.717) is 11.5 Å². The lowest BCUT2D eigenvalue weighted by Crippen LogP contribution is -2.02. The maximum atomic E-state index is 4.63. The van der Waals surface area contributed by atoms with Gasteiger partial charge in [0.05, 0.1) is 5.69 Å². The van der Waals surface area contributed by atoms with Gasteiger partial charge in [-0.3, -0.25) is 0 Å². The summed E-state index contributed by atoms with van der Waals surface area (Å²) in [6.07, 6.45) is 8.17. The van der Waals surface area contributed by atoms with Crippen molar-refractivity contribution in [2.75, 3.05) is 0 Å². The molecule has 0 N–H and O–H groups in total. The molecule has 2 heterocycles. The Labute approximate surface area is 141 Å². The highest BCUT2D eigenvalue weighted by Crippen LogP contribution is 2.20. The molecule has 3 aromatic rings. The fourth-order valence-corrected chi connectivity index (χ4v) is 2.60. The molecule has 0 saturated heterocycles. The highest BCUT2D eigenvalue weighted by atomic mass is 14.9. The van der Waals surface area contributed by atoms with Crippen LogP contribution in [0.2, 0.25) is 0 Å². The third-order valence-corrected chi connectivity index (χ3v) is 3.84. The fourth-order valence-electron chi connectivity index (χ4n) is 2.60. The molecule has 4 rings (SSSR count). The number of pyridine rings is 1. The van der Waals surface area contributed by atoms with E-state index >= 15 is 0 Å². The van der Waals surface area contributed by atoms with E-state index in [1.54, 1.807) is 0 Å². The second-order valence-electron chi connectivity index (χ2n) is 5.57. The highest BCUT2D eigenvalue weighted by molar-refractivity contribution is 5.57. The number of hydrogen-bond acceptors (Lipinski definition) is 3. The zero-order valence-corrected chi connectivity index (χ0v) is 13.1. The van der Waals surface area contributed by atoms with E-state index < -0.39 is 0 Å². The quantitative estimate of drug-likeness (QED) is 0.640. The van der Waals surface area contributed by atoms with Gasteiger partial charge in [-0.25, -0.2) is 15.0 Å². The first-order valence-corrected chi connectivity index (χ1v) is 7.95. The molecular weight excluding hydrogens is 294 g/mol. The largest absolute Gasteiger partial charge is 0.236 e. The van der Waals surface area contributed by atoms with Crippen molar-refractivity contribution in [1.29, 1.82) is 0 Å². The Kier molecular flexibility index (Phi) is 3.87. The maximum Gasteiger partial charge on any atom is 0.178 e. The Morgan fingerprint density at radius 3 is 2.71 bits per heavy atom. The number of benzene rings is 1. The Morgan fingerprint density at radius 1 is 0.875 bits per heavy atom. The first kappa shape index (κ1) is 14.3. The number of rotatable bonds is 1. The van der Waals surface area contributed by atoms with Crippen LogP contribution in [-0.4, -0.2) is 15.0 Å². The van der Waals surface area contributed by atoms with Crippen molar-refractivity contribution in [1.82, 2.24) is 15.0 Å². The summed E-state index contributed by atoms with van der Waals surface area (Å²) in [5, 5.41) is 0. The second-order valence-corrected chi connectivity index (χ2v) is 5.57. The number of allylic oxidation sites excluding steroid dienone is 1. The molecule has 0 amide bonds. The minimum atomic E-state index is 0.642. The monoisotopic (exact) mass is 309 g/mol. The Hall–Kier alpha value is -3.25. The molecule has 2 aromatic heterocycles. The smallest absolute Gasteiger partial charge is 0.178 e. The average Bonchev–Trinajstić information content (AvgIpc) is 2.67. The molecule has 0 fully saturated rings. The van der Waals surface area contributed by atoms with Crippen LogP contribution in [0.25, 0.3) is 17.6 Å². The summed E-state index contributed by atoms with van der Waals surface area (Å²) in [5.41, 5.74) is 4.62. The van der Waals surface area contributed by atoms with Gasteiger partial charge in [0.2, 0.25) is 0 Å². The molecule has 1 aliphatic rings. The lowest BCUT2D eigenvalue weighted by Gasteiger charge is -2.09. The van der Waals surface area contributed by atoms with Crippen LogP contribution in [-0.2, 0) is 6.42 Å². The molecule has 24 heavy (non-hydrogen) atoms. The maximum absolute atomic E-state index is 4.63. The van der Waals surface area contributed by atoms with Gasteiger partial charge in [-0.15, -0.1) is 0 Å². The van der Waals surface area contributed by atoms with Gasteiger partial charge in [-0.1, -0.05) is 36.3 Å². The SMILES string of the molecule is C(#Cc1cccc(-c2ncc3c(n2)C=CCC3)n1)c1ccccc1. The van der Waals surface area contributed by atoms with E-state index in [-0.39, 0.29) is 0 Å². The summed E-state index contributed by atoms with van der Waals surface area (Å²) >= 11 is 0. The van der Waals surface area contributed by atoms with Gasteiger partial charge in [0.25, 0.3) is 0 Å². The topological polar surface area (TPSA) is 38.7 Å². The number of aromatic nitrogens is 3. The predicted octanol–water partition coefficient (Wildman–Crippen LogP) is 3.90. The van der Waals surface area contributed by atoms with Crippen LogP contribution in [0.1, 0.15) is 28.9 Å². The molecule has 1 aromatic carbocycles. The van der Waals surface area contributed by atoms with Gasteiger partial charge < -0.3 is 0 Å². The fraction of sp³-hybridized carbons (Fsp3) is 0.0952. The second kappa shape index (κ2) is 6.47. The van der Waals surface area contributed by atoms with Crippen molar-refractivity contribution in [2.24, 2.45) is 0 Å². The van der Waals surface area contributed by atoms with Crippen molar-refractivity contribution in [3.63, 3.8) is 0 Å². The van der Waals surface area contributed by atoms with Gasteiger partial charge in [0.1, 0.15) is 11.4 Å². The van der Waals surface area contributed by atoms with Gasteiger partial charge in [0.15, 0.2) is 5.82 Å². The van der Waals surface area contributed by atoms with Crippen molar-refractivity contribution in [3.05, 3.63) is 83.3 Å². The molecule has 0 atom stereocenters. The summed E-state index contributed by atoms with van der Waals surface area (Å²) in [5.74, 6) is 6.87. The van der Waals surface area contributed by atoms with Crippen LogP contribution >= 0.6 is 0 Å². The number of aryl methyl sites for hydroxylation is 1. The highest BCUT2D eigenvalue weighted by Gasteiger charge is 2.10. The Bertz CT molecular complexity index is 963. The minimum absolute atomic E-state index is 0.642. The van der Waals surface area contributed by atoms with Crippen LogP contribution < -0.4 is 0 Å². The summed E-state index contributed by atoms with van der Waals surface area (Å²) in [7, 11) is 0. The summed E-state index contributed by atoms with van der Waals surface area (Å²) in [4.78, 5) is 13.7. The molecular formula is C21H15N3. The van der Waals surface area contributed by atoms with Crippen LogP contribution in [0, 0.1) is 11.8 Å². The molecule has 0 bridgehead atoms. The van der Waals surface area contributed by atoms with Crippen molar-refractivity contribution < 1.29 is 0 Å². The third kappa shape index (κ3) is 3.09. The van der Waals surface area contributed by atoms with Gasteiger partial charge >= 0.3 is 0 Å². The van der Waals surface area contributed by atoms with Gasteiger partial charge in [-0.2, -0.15) is 0 Å². The zero-order chi connectivity index (χ0) is 16.2. The average molecular weight is 309 g/mol. The van der Waals surface area contributed by atoms with Gasteiger partial charge in [0, 0.05) is 11.8 Å². The summed E-state index contributed by atoms with van der Waals surface area (Å²) < 4.78 is 0. The lowest BCUT2D eigenvalue weighted by atomic mass is 10.0. The van der Waals surface area contributed by atoms with E-state index in [1.165, 1.54) is 5.56 Å². The third-order valence-electron chi connectivity index (χ3n) is 3.84. The van der Waals surface area contributed by atoms with E-state index in [9.17, 15) is 0 Å². The van der Waals surface area contributed by atoms with Crippen molar-refractivity contribution in [2.45, 2.75) is 12.8 Å². The van der Waals surface area contributed by atoms with Crippen molar-refractivity contribution in [3.8, 4) is 23.4 Å². The molecule has 3 heteroatoms. The molecule has 1 aliphatic carbocycles. The Morgan fingerprint density at radius 2 is 1.79 bits per heavy atom. The van der Waals surface area contributed by atoms with Crippen LogP contribution in [0.15, 0.2) is 60.8 Å². The normalized spacial score (nSPS) is 12.2. The van der Waals surface area contributed by atoms with E-state index in [2.05, 4.69) is 38.9 Å². The van der Waals surface area contributed by atoms with Crippen LogP contribution in [0.5, 0.6) is 0 Å².